The minimum Gasteiger partial charge on any atom is -0.307 e. The Morgan fingerprint density at radius 1 is 1.25 bits per heavy atom. The van der Waals surface area contributed by atoms with Gasteiger partial charge in [0.1, 0.15) is 6.79 Å². The predicted octanol–water partition coefficient (Wildman–Crippen LogP) is -0.190. The van der Waals surface area contributed by atoms with Gasteiger partial charge in [-0.15, -0.1) is 0 Å². The number of carbonyl (C=O) groups excluding carboxylic acids is 1. The van der Waals surface area contributed by atoms with Crippen LogP contribution in [0.5, 0.6) is 0 Å². The molecule has 29 valence electrons. The second-order valence-electron chi connectivity index (χ2n) is 0. The summed E-state index contributed by atoms with van der Waals surface area (Å²) < 4.78 is 0. The van der Waals surface area contributed by atoms with Crippen molar-refractivity contribution in [3.63, 3.8) is 0 Å². The molecule has 0 saturated carbocycles. The average Bonchev–Trinajstić information content (AvgIpc) is 1.00. The first-order chi connectivity index (χ1) is 1.00. The summed E-state index contributed by atoms with van der Waals surface area (Å²) in [5.41, 5.74) is 0. The molecule has 0 atom stereocenters. The Morgan fingerprint density at radius 2 is 1.25 bits per heavy atom. The Kier molecular flexibility index (Phi) is 175. The molecule has 0 unspecified atom stereocenters. The Balaban J connectivity index is -0.00000000500. The molecule has 0 spiro atoms. The van der Waals surface area contributed by atoms with Crippen molar-refractivity contribution in [2.75, 3.05) is 0 Å². The van der Waals surface area contributed by atoms with Crippen molar-refractivity contribution in [1.29, 1.82) is 0 Å². The summed E-state index contributed by atoms with van der Waals surface area (Å²) in [5.74, 6) is 0. The summed E-state index contributed by atoms with van der Waals surface area (Å²) in [4.78, 5) is 8.00. The van der Waals surface area contributed by atoms with Crippen LogP contribution in [0, 0.1) is 0 Å². The van der Waals surface area contributed by atoms with Crippen molar-refractivity contribution in [1.82, 2.24) is 0 Å². The number of hydrogen-bond donors (Lipinski definition) is 0. The zero-order valence-electron chi connectivity index (χ0n) is 1.81. The zero-order chi connectivity index (χ0) is 2.00. The van der Waals surface area contributed by atoms with Gasteiger partial charge in [0.2, 0.25) is 0 Å². The molecule has 0 amide bonds. The topological polar surface area (TPSA) is 17.1 Å². The Bertz CT molecular complexity index is 8.00. The van der Waals surface area contributed by atoms with Crippen LogP contribution in [0.4, 0.5) is 0 Å². The fourth-order valence-electron chi connectivity index (χ4n) is 0. The molecule has 0 heterocycles. The van der Waals surface area contributed by atoms with Crippen LogP contribution in [0.25, 0.3) is 0 Å². The monoisotopic (exact) mass is 412 g/mol. The molecule has 0 aliphatic heterocycles. The SMILES string of the molecule is C=O.[Pt].[Re]. The quantitative estimate of drug-likeness (QED) is 0.540. The van der Waals surface area contributed by atoms with Gasteiger partial charge in [-0.1, -0.05) is 0 Å². The molecule has 1 nitrogen and oxygen atoms in total. The number of carbonyl (C=O) groups is 1. The van der Waals surface area contributed by atoms with Crippen molar-refractivity contribution >= 4 is 6.79 Å². The van der Waals surface area contributed by atoms with Gasteiger partial charge in [-0.3, -0.25) is 0 Å². The van der Waals surface area contributed by atoms with Crippen LogP contribution in [0.15, 0.2) is 0 Å². The van der Waals surface area contributed by atoms with E-state index in [1.54, 1.807) is 0 Å². The molecule has 4 heavy (non-hydrogen) atoms. The van der Waals surface area contributed by atoms with Gasteiger partial charge in [0, 0.05) is 41.5 Å². The Hall–Kier alpha value is 1.02. The zero-order valence-corrected chi connectivity index (χ0v) is 6.80. The fourth-order valence-corrected chi connectivity index (χ4v) is 0. The van der Waals surface area contributed by atoms with Gasteiger partial charge < -0.3 is 4.79 Å². The van der Waals surface area contributed by atoms with E-state index in [2.05, 4.69) is 0 Å². The van der Waals surface area contributed by atoms with Crippen molar-refractivity contribution < 1.29 is 46.3 Å². The normalized spacial score (nSPS) is 1.00. The molecule has 0 aromatic heterocycles. The summed E-state index contributed by atoms with van der Waals surface area (Å²) in [6.07, 6.45) is 0. The van der Waals surface area contributed by atoms with E-state index in [0.29, 0.717) is 0 Å². The third-order valence-corrected chi connectivity index (χ3v) is 0. The largest absolute Gasteiger partial charge is 0.307 e. The van der Waals surface area contributed by atoms with Gasteiger partial charge in [0.25, 0.3) is 0 Å². The van der Waals surface area contributed by atoms with Crippen LogP contribution in [-0.2, 0) is 46.3 Å². The van der Waals surface area contributed by atoms with Crippen molar-refractivity contribution in [3.8, 4) is 0 Å². The molecule has 3 heteroatoms. The average molecular weight is 411 g/mol. The predicted molar refractivity (Wildman–Crippen MR) is 7.12 cm³/mol. The smallest absolute Gasteiger partial charge is 0.106 e. The molecule has 0 N–H and O–H groups in total. The van der Waals surface area contributed by atoms with Gasteiger partial charge in [0.05, 0.1) is 0 Å². The van der Waals surface area contributed by atoms with E-state index in [0.717, 1.165) is 0 Å². The van der Waals surface area contributed by atoms with E-state index in [1.165, 1.54) is 0 Å². The Morgan fingerprint density at radius 3 is 1.25 bits per heavy atom. The standard InChI is InChI=1S/CH2O.Pt.Re/c1-2;;/h1H2;;. The summed E-state index contributed by atoms with van der Waals surface area (Å²) in [6.45, 7) is 2.00. The second-order valence-corrected chi connectivity index (χ2v) is 0. The minimum absolute atomic E-state index is 0. The van der Waals surface area contributed by atoms with E-state index in [4.69, 9.17) is 4.79 Å². The first-order valence-electron chi connectivity index (χ1n) is 0.289. The van der Waals surface area contributed by atoms with Crippen molar-refractivity contribution in [3.05, 3.63) is 0 Å². The summed E-state index contributed by atoms with van der Waals surface area (Å²) in [5, 5.41) is 0. The van der Waals surface area contributed by atoms with Gasteiger partial charge in [0.15, 0.2) is 0 Å². The number of hydrogen-bond acceptors (Lipinski definition) is 1. The van der Waals surface area contributed by atoms with Crippen LogP contribution in [0.2, 0.25) is 0 Å². The fraction of sp³-hybridized carbons (Fsp3) is 0. The van der Waals surface area contributed by atoms with Crippen LogP contribution < -0.4 is 0 Å². The van der Waals surface area contributed by atoms with Crippen molar-refractivity contribution in [2.45, 2.75) is 0 Å². The summed E-state index contributed by atoms with van der Waals surface area (Å²) >= 11 is 0. The molecule has 0 aromatic carbocycles. The third-order valence-electron chi connectivity index (χ3n) is 0. The van der Waals surface area contributed by atoms with Crippen LogP contribution >= 0.6 is 0 Å². The molecule has 0 aromatic rings. The molecule has 0 fully saturated rings. The van der Waals surface area contributed by atoms with E-state index >= 15 is 0 Å². The third kappa shape index (κ3) is 11.8. The molecule has 0 aliphatic carbocycles. The maximum atomic E-state index is 8.00. The molecule has 0 aliphatic rings. The van der Waals surface area contributed by atoms with Gasteiger partial charge in [-0.05, 0) is 0 Å². The first kappa shape index (κ1) is 19.9. The summed E-state index contributed by atoms with van der Waals surface area (Å²) in [6, 6.07) is 0. The van der Waals surface area contributed by atoms with E-state index in [-0.39, 0.29) is 41.5 Å². The Labute approximate surface area is 53.1 Å². The van der Waals surface area contributed by atoms with Crippen LogP contribution in [-0.4, -0.2) is 6.79 Å². The van der Waals surface area contributed by atoms with E-state index < -0.39 is 0 Å². The first-order valence-corrected chi connectivity index (χ1v) is 0.289. The minimum atomic E-state index is 0. The van der Waals surface area contributed by atoms with E-state index in [9.17, 15) is 0 Å². The molecule has 0 rings (SSSR count). The molecule has 1 radical (unpaired) electrons. The molecular weight excluding hydrogens is 409 g/mol. The number of rotatable bonds is 0. The molecule has 0 bridgehead atoms. The van der Waals surface area contributed by atoms with Crippen molar-refractivity contribution in [2.24, 2.45) is 0 Å². The maximum Gasteiger partial charge on any atom is 0.106 e. The second kappa shape index (κ2) is 35.2. The van der Waals surface area contributed by atoms with Gasteiger partial charge in [-0.25, -0.2) is 0 Å². The molecule has 0 saturated heterocycles. The van der Waals surface area contributed by atoms with Gasteiger partial charge in [-0.2, -0.15) is 0 Å². The summed E-state index contributed by atoms with van der Waals surface area (Å²) in [7, 11) is 0. The molecular formula is CH2OPtRe. The van der Waals surface area contributed by atoms with Gasteiger partial charge >= 0.3 is 0 Å². The maximum absolute atomic E-state index is 8.00. The van der Waals surface area contributed by atoms with Crippen LogP contribution in [0.3, 0.4) is 0 Å². The van der Waals surface area contributed by atoms with Crippen LogP contribution in [0.1, 0.15) is 0 Å². The van der Waals surface area contributed by atoms with E-state index in [1.807, 2.05) is 6.79 Å².